The van der Waals surface area contributed by atoms with Crippen molar-refractivity contribution in [2.75, 3.05) is 40.4 Å². The number of guanidine groups is 1. The zero-order chi connectivity index (χ0) is 19.1. The third-order valence-electron chi connectivity index (χ3n) is 5.03. The normalized spacial score (nSPS) is 19.7. The number of aromatic nitrogens is 2. The Morgan fingerprint density at radius 2 is 2.18 bits per heavy atom. The highest BCUT2D eigenvalue weighted by molar-refractivity contribution is 14.0. The Morgan fingerprint density at radius 1 is 1.36 bits per heavy atom. The lowest BCUT2D eigenvalue weighted by atomic mass is 9.93. The number of hydrogen-bond donors (Lipinski definition) is 1. The van der Waals surface area contributed by atoms with Gasteiger partial charge in [-0.1, -0.05) is 13.0 Å². The molecule has 0 amide bonds. The van der Waals surface area contributed by atoms with Crippen molar-refractivity contribution in [1.82, 2.24) is 19.8 Å². The Kier molecular flexibility index (Phi) is 8.88. The second kappa shape index (κ2) is 11.1. The van der Waals surface area contributed by atoms with Gasteiger partial charge in [0, 0.05) is 38.6 Å². The first-order valence-corrected chi connectivity index (χ1v) is 9.41. The number of piperidine rings is 1. The van der Waals surface area contributed by atoms with Gasteiger partial charge >= 0.3 is 0 Å². The van der Waals surface area contributed by atoms with Gasteiger partial charge in [0.1, 0.15) is 18.1 Å². The molecule has 1 N–H and O–H groups in total. The summed E-state index contributed by atoms with van der Waals surface area (Å²) in [6.07, 6.45) is 6.92. The first kappa shape index (κ1) is 22.3. The number of benzene rings is 1. The van der Waals surface area contributed by atoms with Gasteiger partial charge in [-0.3, -0.25) is 4.99 Å². The van der Waals surface area contributed by atoms with Crippen molar-refractivity contribution in [1.29, 1.82) is 0 Å². The lowest BCUT2D eigenvalue weighted by molar-refractivity contribution is 0.188. The molecule has 1 aliphatic heterocycles. The summed E-state index contributed by atoms with van der Waals surface area (Å²) in [6.45, 7) is 5.48. The average Bonchev–Trinajstić information content (AvgIpc) is 3.23. The molecule has 0 saturated carbocycles. The predicted octanol–water partition coefficient (Wildman–Crippen LogP) is 3.05. The summed E-state index contributed by atoms with van der Waals surface area (Å²) in [7, 11) is 3.48. The highest BCUT2D eigenvalue weighted by atomic mass is 127. The van der Waals surface area contributed by atoms with Gasteiger partial charge in [-0.25, -0.2) is 4.98 Å². The van der Waals surface area contributed by atoms with E-state index >= 15 is 0 Å². The number of likely N-dealkylation sites (tertiary alicyclic amines) is 1. The Bertz CT molecular complexity index is 738. The summed E-state index contributed by atoms with van der Waals surface area (Å²) in [4.78, 5) is 11.0. The number of methoxy groups -OCH3 is 1. The Hall–Kier alpha value is -1.97. The third kappa shape index (κ3) is 5.76. The first-order chi connectivity index (χ1) is 13.2. The Morgan fingerprint density at radius 3 is 2.89 bits per heavy atom. The van der Waals surface area contributed by atoms with E-state index < -0.39 is 0 Å². The molecule has 0 aliphatic carbocycles. The monoisotopic (exact) mass is 499 g/mol. The second-order valence-corrected chi connectivity index (χ2v) is 6.79. The van der Waals surface area contributed by atoms with Crippen LogP contribution in [0.2, 0.25) is 0 Å². The lowest BCUT2D eigenvalue weighted by Gasteiger charge is -2.39. The first-order valence-electron chi connectivity index (χ1n) is 9.41. The zero-order valence-corrected chi connectivity index (χ0v) is 19.1. The minimum Gasteiger partial charge on any atom is -0.497 e. The second-order valence-electron chi connectivity index (χ2n) is 6.79. The molecular weight excluding hydrogens is 469 g/mol. The highest BCUT2D eigenvalue weighted by Crippen LogP contribution is 2.27. The van der Waals surface area contributed by atoms with Crippen molar-refractivity contribution >= 4 is 29.9 Å². The summed E-state index contributed by atoms with van der Waals surface area (Å²) in [6, 6.07) is 8.05. The number of halogens is 1. The molecule has 2 heterocycles. The molecule has 2 atom stereocenters. The van der Waals surface area contributed by atoms with Crippen LogP contribution in [0.15, 0.2) is 48.0 Å². The van der Waals surface area contributed by atoms with E-state index in [0.717, 1.165) is 37.0 Å². The SMILES string of the molecule is CN=C(NCCOc1cccc(OC)c1)N1CCC(C)C(n2ccnc2)C1.I. The molecule has 7 nitrogen and oxygen atoms in total. The number of imidazole rings is 1. The van der Waals surface area contributed by atoms with E-state index in [2.05, 4.69) is 31.7 Å². The minimum atomic E-state index is 0. The molecule has 154 valence electrons. The van der Waals surface area contributed by atoms with Crippen molar-refractivity contribution in [3.63, 3.8) is 0 Å². The molecule has 1 fully saturated rings. The van der Waals surface area contributed by atoms with Crippen LogP contribution in [-0.2, 0) is 0 Å². The van der Waals surface area contributed by atoms with Gasteiger partial charge in [0.2, 0.25) is 0 Å². The van der Waals surface area contributed by atoms with Gasteiger partial charge in [-0.15, -0.1) is 24.0 Å². The van der Waals surface area contributed by atoms with Crippen molar-refractivity contribution < 1.29 is 9.47 Å². The summed E-state index contributed by atoms with van der Waals surface area (Å²) in [5.74, 6) is 3.13. The average molecular weight is 499 g/mol. The molecule has 3 rings (SSSR count). The molecule has 0 bridgehead atoms. The number of rotatable bonds is 6. The standard InChI is InChI=1S/C20H29N5O2.HI/c1-16-7-10-24(14-19(16)25-11-8-22-15-25)20(21-2)23-9-12-27-18-6-4-5-17(13-18)26-3;/h4-6,8,11,13,15-16,19H,7,9-10,12,14H2,1-3H3,(H,21,23);1H. The van der Waals surface area contributed by atoms with Gasteiger partial charge in [-0.2, -0.15) is 0 Å². The van der Waals surface area contributed by atoms with Gasteiger partial charge in [0.05, 0.1) is 26.0 Å². The quantitative estimate of drug-likeness (QED) is 0.287. The van der Waals surface area contributed by atoms with Gasteiger partial charge in [-0.05, 0) is 24.5 Å². The van der Waals surface area contributed by atoms with E-state index in [9.17, 15) is 0 Å². The van der Waals surface area contributed by atoms with Gasteiger partial charge in [0.25, 0.3) is 0 Å². The summed E-state index contributed by atoms with van der Waals surface area (Å²) < 4.78 is 13.2. The molecule has 1 aromatic carbocycles. The zero-order valence-electron chi connectivity index (χ0n) is 16.7. The van der Waals surface area contributed by atoms with Crippen LogP contribution in [0, 0.1) is 5.92 Å². The van der Waals surface area contributed by atoms with Gasteiger partial charge in [0.15, 0.2) is 5.96 Å². The lowest BCUT2D eigenvalue weighted by Crippen LogP contribution is -2.49. The molecule has 2 aromatic rings. The topological polar surface area (TPSA) is 63.9 Å². The molecule has 0 spiro atoms. The Balaban J connectivity index is 0.00000280. The van der Waals surface area contributed by atoms with Crippen LogP contribution in [0.5, 0.6) is 11.5 Å². The molecule has 2 unspecified atom stereocenters. The van der Waals surface area contributed by atoms with Crippen LogP contribution in [0.25, 0.3) is 0 Å². The number of ether oxygens (including phenoxy) is 2. The van der Waals surface area contributed by atoms with Crippen molar-refractivity contribution in [2.45, 2.75) is 19.4 Å². The predicted molar refractivity (Wildman–Crippen MR) is 122 cm³/mol. The molecule has 8 heteroatoms. The van der Waals surface area contributed by atoms with Crippen LogP contribution < -0.4 is 14.8 Å². The Labute approximate surface area is 184 Å². The van der Waals surface area contributed by atoms with Crippen molar-refractivity contribution in [3.05, 3.63) is 43.0 Å². The van der Waals surface area contributed by atoms with Crippen LogP contribution in [0.1, 0.15) is 19.4 Å². The fourth-order valence-electron chi connectivity index (χ4n) is 3.45. The molecule has 1 aromatic heterocycles. The molecule has 0 radical (unpaired) electrons. The molecular formula is C20H30IN5O2. The number of nitrogens with one attached hydrogen (secondary N) is 1. The van der Waals surface area contributed by atoms with Gasteiger partial charge < -0.3 is 24.3 Å². The maximum atomic E-state index is 5.80. The maximum Gasteiger partial charge on any atom is 0.193 e. The third-order valence-corrected chi connectivity index (χ3v) is 5.03. The van der Waals surface area contributed by atoms with E-state index in [1.165, 1.54) is 0 Å². The van der Waals surface area contributed by atoms with Crippen LogP contribution in [-0.4, -0.2) is 60.8 Å². The van der Waals surface area contributed by atoms with Crippen LogP contribution >= 0.6 is 24.0 Å². The largest absolute Gasteiger partial charge is 0.497 e. The molecule has 1 saturated heterocycles. The molecule has 28 heavy (non-hydrogen) atoms. The summed E-state index contributed by atoms with van der Waals surface area (Å²) in [5, 5.41) is 3.41. The van der Waals surface area contributed by atoms with Crippen LogP contribution in [0.4, 0.5) is 0 Å². The number of aliphatic imine (C=N–C) groups is 1. The summed E-state index contributed by atoms with van der Waals surface area (Å²) in [5.41, 5.74) is 0. The summed E-state index contributed by atoms with van der Waals surface area (Å²) >= 11 is 0. The highest BCUT2D eigenvalue weighted by Gasteiger charge is 2.28. The smallest absolute Gasteiger partial charge is 0.193 e. The van der Waals surface area contributed by atoms with E-state index in [-0.39, 0.29) is 24.0 Å². The van der Waals surface area contributed by atoms with Crippen LogP contribution in [0.3, 0.4) is 0 Å². The maximum absolute atomic E-state index is 5.80. The minimum absolute atomic E-state index is 0. The van der Waals surface area contributed by atoms with E-state index in [4.69, 9.17) is 9.47 Å². The van der Waals surface area contributed by atoms with E-state index in [0.29, 0.717) is 25.1 Å². The van der Waals surface area contributed by atoms with E-state index in [1.54, 1.807) is 7.11 Å². The number of nitrogens with zero attached hydrogens (tertiary/aromatic N) is 4. The number of hydrogen-bond acceptors (Lipinski definition) is 4. The fourth-order valence-corrected chi connectivity index (χ4v) is 3.45. The fraction of sp³-hybridized carbons (Fsp3) is 0.500. The molecule has 1 aliphatic rings. The van der Waals surface area contributed by atoms with Crippen molar-refractivity contribution in [3.8, 4) is 11.5 Å². The van der Waals surface area contributed by atoms with Crippen molar-refractivity contribution in [2.24, 2.45) is 10.9 Å². The van der Waals surface area contributed by atoms with E-state index in [1.807, 2.05) is 50.0 Å².